The highest BCUT2D eigenvalue weighted by Crippen LogP contribution is 2.14. The van der Waals surface area contributed by atoms with Crippen LogP contribution in [-0.4, -0.2) is 4.98 Å². The molecule has 0 amide bonds. The van der Waals surface area contributed by atoms with E-state index in [2.05, 4.69) is 4.98 Å². The molecule has 0 unspecified atom stereocenters. The number of hydrogen-bond acceptors (Lipinski definition) is 3. The van der Waals surface area contributed by atoms with Gasteiger partial charge in [-0.25, -0.2) is 0 Å². The molecule has 1 aromatic rings. The normalized spacial score (nSPS) is 9.31. The molecular formula is C12H13N4+. The van der Waals surface area contributed by atoms with E-state index in [1.165, 1.54) is 0 Å². The smallest absolute Gasteiger partial charge is 0.187 e. The molecule has 0 aliphatic rings. The van der Waals surface area contributed by atoms with Gasteiger partial charge < -0.3 is 0 Å². The van der Waals surface area contributed by atoms with Gasteiger partial charge in [-0.1, -0.05) is 13.8 Å². The van der Waals surface area contributed by atoms with Gasteiger partial charge in [0.05, 0.1) is 12.4 Å². The summed E-state index contributed by atoms with van der Waals surface area (Å²) in [5, 5.41) is 17.7. The van der Waals surface area contributed by atoms with Gasteiger partial charge in [0.25, 0.3) is 0 Å². The Bertz CT molecular complexity index is 444. The summed E-state index contributed by atoms with van der Waals surface area (Å²) in [5.74, 6) is 0.176. The summed E-state index contributed by atoms with van der Waals surface area (Å²) in [6, 6.07) is 3.89. The summed E-state index contributed by atoms with van der Waals surface area (Å²) in [6.07, 6.45) is 6.98. The van der Waals surface area contributed by atoms with E-state index in [9.17, 15) is 0 Å². The molecule has 0 atom stereocenters. The molecule has 0 N–H and O–H groups in total. The second-order valence-electron chi connectivity index (χ2n) is 3.70. The largest absolute Gasteiger partial charge is 0.252 e. The molecule has 0 aromatic carbocycles. The van der Waals surface area contributed by atoms with Gasteiger partial charge >= 0.3 is 0 Å². The molecule has 0 aliphatic heterocycles. The van der Waals surface area contributed by atoms with Crippen LogP contribution in [0.5, 0.6) is 0 Å². The summed E-state index contributed by atoms with van der Waals surface area (Å²) in [6.45, 7) is 4.51. The number of nitrogens with zero attached hydrogens (tertiary/aromatic N) is 4. The number of nitriles is 2. The minimum Gasteiger partial charge on any atom is -0.252 e. The maximum atomic E-state index is 8.87. The van der Waals surface area contributed by atoms with Crippen molar-refractivity contribution in [2.24, 2.45) is 5.92 Å². The fourth-order valence-corrected chi connectivity index (χ4v) is 1.37. The van der Waals surface area contributed by atoms with Crippen molar-refractivity contribution in [2.75, 3.05) is 0 Å². The standard InChI is InChI=1S/C12H13N4/c1-10(2)12(11(7-13)8-14)9-16-5-3-15-4-6-16/h3-6,10H,9H2,1-2H3/q+1. The third-order valence-electron chi connectivity index (χ3n) is 2.28. The van der Waals surface area contributed by atoms with Crippen LogP contribution in [0.1, 0.15) is 13.8 Å². The maximum absolute atomic E-state index is 8.87. The summed E-state index contributed by atoms with van der Waals surface area (Å²) in [4.78, 5) is 3.92. The number of aromatic nitrogens is 2. The molecule has 0 spiro atoms. The Hall–Kier alpha value is -2.20. The molecule has 0 aliphatic carbocycles. The first kappa shape index (κ1) is 11.9. The van der Waals surface area contributed by atoms with Gasteiger partial charge in [-0.3, -0.25) is 4.98 Å². The van der Waals surface area contributed by atoms with Crippen LogP contribution in [0.3, 0.4) is 0 Å². The second kappa shape index (κ2) is 5.63. The van der Waals surface area contributed by atoms with Gasteiger partial charge in [0, 0.05) is 5.57 Å². The summed E-state index contributed by atoms with van der Waals surface area (Å²) in [5.41, 5.74) is 1.06. The first-order valence-electron chi connectivity index (χ1n) is 5.01. The third-order valence-corrected chi connectivity index (χ3v) is 2.28. The Morgan fingerprint density at radius 3 is 2.25 bits per heavy atom. The van der Waals surface area contributed by atoms with Crippen molar-refractivity contribution in [2.45, 2.75) is 20.4 Å². The highest BCUT2D eigenvalue weighted by atomic mass is 14.9. The predicted molar refractivity (Wildman–Crippen MR) is 57.5 cm³/mol. The van der Waals surface area contributed by atoms with Crippen LogP contribution in [0.15, 0.2) is 35.9 Å². The van der Waals surface area contributed by atoms with Crippen LogP contribution >= 0.6 is 0 Å². The summed E-state index contributed by atoms with van der Waals surface area (Å²) >= 11 is 0. The molecular weight excluding hydrogens is 200 g/mol. The van der Waals surface area contributed by atoms with Crippen molar-refractivity contribution >= 4 is 0 Å². The number of allylic oxidation sites excluding steroid dienone is 2. The van der Waals surface area contributed by atoms with E-state index in [-0.39, 0.29) is 11.5 Å². The van der Waals surface area contributed by atoms with Gasteiger partial charge in [-0.15, -0.1) is 0 Å². The Balaban J connectivity index is 3.05. The lowest BCUT2D eigenvalue weighted by atomic mass is 9.98. The lowest BCUT2D eigenvalue weighted by molar-refractivity contribution is -0.690. The molecule has 0 fully saturated rings. The fourth-order valence-electron chi connectivity index (χ4n) is 1.37. The van der Waals surface area contributed by atoms with Gasteiger partial charge in [0.15, 0.2) is 18.9 Å². The van der Waals surface area contributed by atoms with Crippen molar-refractivity contribution in [3.63, 3.8) is 0 Å². The molecule has 0 saturated carbocycles. The Labute approximate surface area is 95.1 Å². The SMILES string of the molecule is CC(C)C(C[n+]1ccncc1)=C(C#N)C#N. The first-order valence-corrected chi connectivity index (χ1v) is 5.01. The van der Waals surface area contributed by atoms with Crippen LogP contribution in [0.4, 0.5) is 0 Å². The topological polar surface area (TPSA) is 64.3 Å². The number of rotatable bonds is 3. The molecule has 0 bridgehead atoms. The van der Waals surface area contributed by atoms with Crippen molar-refractivity contribution in [1.29, 1.82) is 10.5 Å². The Morgan fingerprint density at radius 2 is 1.81 bits per heavy atom. The lowest BCUT2D eigenvalue weighted by Crippen LogP contribution is -2.35. The molecule has 4 nitrogen and oxygen atoms in total. The minimum atomic E-state index is 0.176. The molecule has 1 aromatic heterocycles. The van der Waals surface area contributed by atoms with Crippen LogP contribution in [0.2, 0.25) is 0 Å². The van der Waals surface area contributed by atoms with Gasteiger partial charge in [-0.05, 0) is 5.92 Å². The fraction of sp³-hybridized carbons (Fsp3) is 0.333. The second-order valence-corrected chi connectivity index (χ2v) is 3.70. The summed E-state index contributed by atoms with van der Waals surface area (Å²) in [7, 11) is 0. The van der Waals surface area contributed by atoms with E-state index >= 15 is 0 Å². The van der Waals surface area contributed by atoms with E-state index < -0.39 is 0 Å². The van der Waals surface area contributed by atoms with E-state index in [0.717, 1.165) is 5.57 Å². The van der Waals surface area contributed by atoms with Crippen molar-refractivity contribution in [3.8, 4) is 12.1 Å². The van der Waals surface area contributed by atoms with Crippen LogP contribution in [-0.2, 0) is 6.54 Å². The molecule has 0 radical (unpaired) electrons. The van der Waals surface area contributed by atoms with Gasteiger partial charge in [0.1, 0.15) is 17.7 Å². The van der Waals surface area contributed by atoms with E-state index in [0.29, 0.717) is 6.54 Å². The van der Waals surface area contributed by atoms with Gasteiger partial charge in [0.2, 0.25) is 0 Å². The number of hydrogen-bond donors (Lipinski definition) is 0. The van der Waals surface area contributed by atoms with Crippen LogP contribution < -0.4 is 4.57 Å². The maximum Gasteiger partial charge on any atom is 0.187 e. The zero-order valence-electron chi connectivity index (χ0n) is 9.38. The minimum absolute atomic E-state index is 0.176. The molecule has 1 heterocycles. The molecule has 4 heteroatoms. The first-order chi connectivity index (χ1) is 7.69. The van der Waals surface area contributed by atoms with Crippen molar-refractivity contribution < 1.29 is 4.57 Å². The molecule has 16 heavy (non-hydrogen) atoms. The third kappa shape index (κ3) is 2.90. The van der Waals surface area contributed by atoms with Crippen molar-refractivity contribution in [3.05, 3.63) is 35.9 Å². The highest BCUT2D eigenvalue weighted by Gasteiger charge is 2.15. The predicted octanol–water partition coefficient (Wildman–Crippen LogP) is 1.37. The van der Waals surface area contributed by atoms with E-state index in [1.54, 1.807) is 12.4 Å². The average Bonchev–Trinajstić information content (AvgIpc) is 2.30. The molecule has 1 rings (SSSR count). The summed E-state index contributed by atoms with van der Waals surface area (Å²) < 4.78 is 1.90. The molecule has 80 valence electrons. The highest BCUT2D eigenvalue weighted by molar-refractivity contribution is 5.40. The lowest BCUT2D eigenvalue weighted by Gasteiger charge is -2.07. The van der Waals surface area contributed by atoms with Gasteiger partial charge in [-0.2, -0.15) is 15.1 Å². The van der Waals surface area contributed by atoms with Crippen LogP contribution in [0, 0.1) is 28.6 Å². The van der Waals surface area contributed by atoms with E-state index in [4.69, 9.17) is 10.5 Å². The van der Waals surface area contributed by atoms with Crippen molar-refractivity contribution in [1.82, 2.24) is 4.98 Å². The zero-order valence-corrected chi connectivity index (χ0v) is 9.38. The quantitative estimate of drug-likeness (QED) is 0.562. The monoisotopic (exact) mass is 213 g/mol. The zero-order chi connectivity index (χ0) is 12.0. The Kier molecular flexibility index (Phi) is 4.17. The Morgan fingerprint density at radius 1 is 1.25 bits per heavy atom. The molecule has 0 saturated heterocycles. The average molecular weight is 213 g/mol. The van der Waals surface area contributed by atoms with E-state index in [1.807, 2.05) is 42.9 Å². The van der Waals surface area contributed by atoms with Crippen LogP contribution in [0.25, 0.3) is 0 Å².